The molecule has 3 fully saturated rings. The summed E-state index contributed by atoms with van der Waals surface area (Å²) in [4.78, 5) is 72.0. The zero-order valence-corrected chi connectivity index (χ0v) is 38.1. The van der Waals surface area contributed by atoms with Crippen LogP contribution in [0.4, 0.5) is 0 Å². The molecule has 1 aliphatic heterocycles. The van der Waals surface area contributed by atoms with E-state index in [9.17, 15) is 24.6 Å². The molecule has 14 nitrogen and oxygen atoms in total. The second-order valence-electron chi connectivity index (χ2n) is 18.7. The van der Waals surface area contributed by atoms with Crippen LogP contribution < -0.4 is 5.32 Å². The average Bonchev–Trinajstić information content (AvgIpc) is 3.26. The molecule has 1 saturated heterocycles. The van der Waals surface area contributed by atoms with Gasteiger partial charge in [0.25, 0.3) is 5.91 Å². The number of amides is 1. The first kappa shape index (κ1) is 47.3. The number of ketones is 1. The number of rotatable bonds is 13. The molecule has 346 valence electrons. The summed E-state index contributed by atoms with van der Waals surface area (Å²) >= 11 is 0. The van der Waals surface area contributed by atoms with Crippen LogP contribution in [-0.2, 0) is 42.8 Å². The van der Waals surface area contributed by atoms with Crippen molar-refractivity contribution in [3.05, 3.63) is 131 Å². The molecule has 0 aromatic heterocycles. The summed E-state index contributed by atoms with van der Waals surface area (Å²) in [5, 5.41) is 29.1. The number of benzene rings is 3. The molecule has 0 radical (unpaired) electrons. The fourth-order valence-electron chi connectivity index (χ4n) is 10.7. The van der Waals surface area contributed by atoms with Crippen molar-refractivity contribution >= 4 is 29.6 Å². The molecular weight excluding hydrogens is 835 g/mol. The molecule has 7 rings (SSSR count). The molecule has 0 unspecified atom stereocenters. The highest BCUT2D eigenvalue weighted by molar-refractivity contribution is 5.96. The molecule has 3 aromatic carbocycles. The standard InChI is InChI=1S/C51H59NO13/c1-28(2)61-41(39(32-19-13-10-14-20-32)52-45(56)33-21-15-11-16-22-33)47(58)63-35-26-51(59)44(64-46(57)34-23-17-12-18-24-34)42-49(9,36(54)25-37-50(42,27-60-37)65-29(3)4)43(55)40(62-31(6)53)38(30(35)5)48(51,7)8/h10-24,28,35-37,39-42,44,54,59H,3,25-27H2,1-2,4-9H3,(H,52,56)/t35-,36-,37+,39-,40+,41+,42-,44-,49+,50-,51+/m0/s1. The number of nitrogens with one attached hydrogen (secondary N) is 1. The van der Waals surface area contributed by atoms with Crippen molar-refractivity contribution in [3.63, 3.8) is 0 Å². The summed E-state index contributed by atoms with van der Waals surface area (Å²) in [6.07, 6.45) is -9.64. The van der Waals surface area contributed by atoms with E-state index in [1.54, 1.807) is 133 Å². The minimum absolute atomic E-state index is 0.0844. The van der Waals surface area contributed by atoms with E-state index in [1.165, 1.54) is 6.92 Å². The van der Waals surface area contributed by atoms with E-state index in [4.69, 9.17) is 28.4 Å². The number of fused-ring (bicyclic) bond motifs is 5. The van der Waals surface area contributed by atoms with Crippen LogP contribution in [0.1, 0.15) is 101 Å². The molecule has 65 heavy (non-hydrogen) atoms. The van der Waals surface area contributed by atoms with Gasteiger partial charge in [0.15, 0.2) is 23.6 Å². The Bertz CT molecular complexity index is 2350. The maximum atomic E-state index is 15.7. The van der Waals surface area contributed by atoms with Gasteiger partial charge in [-0.2, -0.15) is 0 Å². The second-order valence-corrected chi connectivity index (χ2v) is 18.7. The van der Waals surface area contributed by atoms with E-state index in [0.717, 1.165) is 6.92 Å². The number of Topliss-reactive ketones (excluding diaryl/α,β-unsaturated/α-hetero) is 1. The Morgan fingerprint density at radius 2 is 1.45 bits per heavy atom. The van der Waals surface area contributed by atoms with Gasteiger partial charge in [-0.15, -0.1) is 0 Å². The van der Waals surface area contributed by atoms with Crippen LogP contribution in [0.15, 0.2) is 114 Å². The number of allylic oxidation sites excluding steroid dienone is 1. The molecule has 14 heteroatoms. The monoisotopic (exact) mass is 893 g/mol. The van der Waals surface area contributed by atoms with Crippen LogP contribution in [0.2, 0.25) is 0 Å². The Morgan fingerprint density at radius 1 is 0.862 bits per heavy atom. The summed E-state index contributed by atoms with van der Waals surface area (Å²) in [5.74, 6) is -4.97. The van der Waals surface area contributed by atoms with Gasteiger partial charge in [-0.05, 0) is 75.6 Å². The number of hydrogen-bond donors (Lipinski definition) is 3. The van der Waals surface area contributed by atoms with E-state index in [-0.39, 0.29) is 35.5 Å². The minimum Gasteiger partial charge on any atom is -0.487 e. The fraction of sp³-hybridized carbons (Fsp3) is 0.471. The van der Waals surface area contributed by atoms with E-state index < -0.39 is 113 Å². The molecule has 1 amide bonds. The van der Waals surface area contributed by atoms with Crippen molar-refractivity contribution in [1.82, 2.24) is 5.32 Å². The lowest BCUT2D eigenvalue weighted by Crippen LogP contribution is -2.81. The van der Waals surface area contributed by atoms with Crippen LogP contribution in [0.5, 0.6) is 0 Å². The SMILES string of the molecule is C=C(C)O[C@@]12CO[C@@H]1C[C@H](O)[C@@]1(C)C(=O)[C@H](OC(C)=O)C3=C(C)[C@@H](OC(=O)[C@H](OC(C)C)[C@@H](NC(=O)c4ccccc4)c4ccccc4)C[C@@](O)([C@@H](OC(=O)c4ccccc4)[C@H]21)C3(C)C. The molecule has 0 spiro atoms. The third-order valence-electron chi connectivity index (χ3n) is 13.9. The first-order valence-corrected chi connectivity index (χ1v) is 22.0. The highest BCUT2D eigenvalue weighted by Crippen LogP contribution is 2.64. The first-order chi connectivity index (χ1) is 30.7. The summed E-state index contributed by atoms with van der Waals surface area (Å²) in [6.45, 7) is 16.5. The van der Waals surface area contributed by atoms with Gasteiger partial charge in [0.05, 0.1) is 47.5 Å². The van der Waals surface area contributed by atoms with Gasteiger partial charge >= 0.3 is 17.9 Å². The normalized spacial score (nSPS) is 31.0. The predicted molar refractivity (Wildman–Crippen MR) is 236 cm³/mol. The topological polar surface area (TPSA) is 193 Å². The smallest absolute Gasteiger partial charge is 0.338 e. The van der Waals surface area contributed by atoms with Crippen LogP contribution in [-0.4, -0.2) is 100 Å². The van der Waals surface area contributed by atoms with Crippen LogP contribution in [0.3, 0.4) is 0 Å². The fourth-order valence-corrected chi connectivity index (χ4v) is 10.7. The Balaban J connectivity index is 1.42. The zero-order valence-electron chi connectivity index (χ0n) is 38.1. The maximum absolute atomic E-state index is 15.7. The van der Waals surface area contributed by atoms with Crippen molar-refractivity contribution < 1.29 is 62.6 Å². The number of aliphatic hydroxyl groups is 2. The first-order valence-electron chi connectivity index (χ1n) is 22.0. The second kappa shape index (κ2) is 18.0. The number of ether oxygens (including phenoxy) is 6. The predicted octanol–water partition coefficient (Wildman–Crippen LogP) is 6.16. The molecule has 3 N–H and O–H groups in total. The highest BCUT2D eigenvalue weighted by Gasteiger charge is 2.78. The molecule has 3 aromatic rings. The third kappa shape index (κ3) is 8.30. The minimum atomic E-state index is -2.28. The molecule has 4 aliphatic rings. The van der Waals surface area contributed by atoms with Gasteiger partial charge in [0.1, 0.15) is 23.9 Å². The Labute approximate surface area is 379 Å². The van der Waals surface area contributed by atoms with Gasteiger partial charge < -0.3 is 44.0 Å². The Kier molecular flexibility index (Phi) is 13.1. The van der Waals surface area contributed by atoms with Crippen molar-refractivity contribution in [3.8, 4) is 0 Å². The number of carbonyl (C=O) groups is 5. The summed E-state index contributed by atoms with van der Waals surface area (Å²) < 4.78 is 37.9. The van der Waals surface area contributed by atoms with Crippen LogP contribution in [0.25, 0.3) is 0 Å². The molecule has 2 bridgehead atoms. The van der Waals surface area contributed by atoms with E-state index in [1.807, 2.05) is 0 Å². The van der Waals surface area contributed by atoms with Gasteiger partial charge in [-0.1, -0.05) is 87.2 Å². The van der Waals surface area contributed by atoms with Crippen molar-refractivity contribution in [2.75, 3.05) is 6.61 Å². The van der Waals surface area contributed by atoms with Crippen molar-refractivity contribution in [1.29, 1.82) is 0 Å². The average molecular weight is 894 g/mol. The maximum Gasteiger partial charge on any atom is 0.338 e. The molecule has 3 aliphatic carbocycles. The third-order valence-corrected chi connectivity index (χ3v) is 13.9. The quantitative estimate of drug-likeness (QED) is 0.0766. The number of carbonyl (C=O) groups excluding carboxylic acids is 5. The summed E-state index contributed by atoms with van der Waals surface area (Å²) in [7, 11) is 0. The molecular formula is C51H59NO13. The Hall–Kier alpha value is -5.67. The lowest BCUT2D eigenvalue weighted by atomic mass is 9.44. The largest absolute Gasteiger partial charge is 0.487 e. The van der Waals surface area contributed by atoms with E-state index in [2.05, 4.69) is 11.9 Å². The summed E-state index contributed by atoms with van der Waals surface area (Å²) in [6, 6.07) is 24.3. The molecule has 1 heterocycles. The lowest BCUT2D eigenvalue weighted by molar-refractivity contribution is -0.347. The highest BCUT2D eigenvalue weighted by atomic mass is 16.6. The van der Waals surface area contributed by atoms with Crippen LogP contribution >= 0.6 is 0 Å². The molecule has 11 atom stereocenters. The van der Waals surface area contributed by atoms with Crippen LogP contribution in [0, 0.1) is 16.7 Å². The number of aliphatic hydroxyl groups excluding tert-OH is 1. The Morgan fingerprint density at radius 3 is 1.98 bits per heavy atom. The lowest BCUT2D eigenvalue weighted by Gasteiger charge is -2.67. The number of hydrogen-bond acceptors (Lipinski definition) is 13. The molecule has 2 saturated carbocycles. The van der Waals surface area contributed by atoms with Gasteiger partial charge in [-0.3, -0.25) is 14.4 Å². The zero-order chi connectivity index (χ0) is 47.2. The van der Waals surface area contributed by atoms with Gasteiger partial charge in [0, 0.05) is 30.7 Å². The summed E-state index contributed by atoms with van der Waals surface area (Å²) in [5.41, 5.74) is -5.91. The van der Waals surface area contributed by atoms with Crippen molar-refractivity contribution in [2.45, 2.75) is 128 Å². The van der Waals surface area contributed by atoms with Crippen molar-refractivity contribution in [2.24, 2.45) is 16.7 Å². The number of esters is 3. The van der Waals surface area contributed by atoms with Gasteiger partial charge in [-0.25, -0.2) is 9.59 Å². The van der Waals surface area contributed by atoms with Gasteiger partial charge in [0.2, 0.25) is 0 Å². The van der Waals surface area contributed by atoms with E-state index in [0.29, 0.717) is 11.1 Å². The van der Waals surface area contributed by atoms with E-state index >= 15 is 9.59 Å².